The van der Waals surface area contributed by atoms with Gasteiger partial charge in [-0.1, -0.05) is 15.9 Å². The first kappa shape index (κ1) is 16.0. The number of hydrogen-bond donors (Lipinski definition) is 1. The zero-order valence-electron chi connectivity index (χ0n) is 10.2. The molecular weight excluding hydrogens is 382 g/mol. The number of rotatable bonds is 6. The Morgan fingerprint density at radius 1 is 1.37 bits per heavy atom. The first-order valence-electron chi connectivity index (χ1n) is 5.43. The van der Waals surface area contributed by atoms with Crippen molar-refractivity contribution in [2.45, 2.75) is 6.42 Å². The Labute approximate surface area is 127 Å². The lowest BCUT2D eigenvalue weighted by molar-refractivity contribution is -0.138. The molecule has 1 N–H and O–H groups in total. The highest BCUT2D eigenvalue weighted by Crippen LogP contribution is 2.28. The molecule has 0 radical (unpaired) electrons. The van der Waals surface area contributed by atoms with Crippen LogP contribution in [-0.2, 0) is 9.59 Å². The van der Waals surface area contributed by atoms with Gasteiger partial charge in [0, 0.05) is 18.1 Å². The largest absolute Gasteiger partial charge is 0.483 e. The molecule has 0 unspecified atom stereocenters. The third-order valence-corrected chi connectivity index (χ3v) is 3.44. The SMILES string of the molecule is CN(CCC(=O)O)C(=O)COc1ccc(Br)cc1Br. The van der Waals surface area contributed by atoms with E-state index in [4.69, 9.17) is 9.84 Å². The predicted octanol–water partition coefficient (Wildman–Crippen LogP) is 2.52. The number of hydrogen-bond acceptors (Lipinski definition) is 3. The summed E-state index contributed by atoms with van der Waals surface area (Å²) in [5.41, 5.74) is 0. The number of likely N-dealkylation sites (N-methyl/N-ethyl adjacent to an activating group) is 1. The summed E-state index contributed by atoms with van der Waals surface area (Å²) in [4.78, 5) is 23.4. The lowest BCUT2D eigenvalue weighted by Crippen LogP contribution is -2.33. The summed E-state index contributed by atoms with van der Waals surface area (Å²) in [5.74, 6) is -0.643. The third kappa shape index (κ3) is 5.61. The molecule has 0 aliphatic rings. The van der Waals surface area contributed by atoms with Crippen molar-refractivity contribution in [2.75, 3.05) is 20.2 Å². The van der Waals surface area contributed by atoms with E-state index in [0.717, 1.165) is 8.95 Å². The summed E-state index contributed by atoms with van der Waals surface area (Å²) in [6, 6.07) is 5.35. The Kier molecular flexibility index (Phi) is 6.30. The van der Waals surface area contributed by atoms with Crippen LogP contribution in [0.5, 0.6) is 5.75 Å². The first-order chi connectivity index (χ1) is 8.90. The molecule has 1 aromatic carbocycles. The number of carbonyl (C=O) groups excluding carboxylic acids is 1. The van der Waals surface area contributed by atoms with E-state index in [9.17, 15) is 9.59 Å². The minimum Gasteiger partial charge on any atom is -0.483 e. The van der Waals surface area contributed by atoms with Gasteiger partial charge >= 0.3 is 5.97 Å². The monoisotopic (exact) mass is 393 g/mol. The quantitative estimate of drug-likeness (QED) is 0.804. The average molecular weight is 395 g/mol. The van der Waals surface area contributed by atoms with Crippen LogP contribution in [-0.4, -0.2) is 42.1 Å². The number of carbonyl (C=O) groups is 2. The molecular formula is C12H13Br2NO4. The second kappa shape index (κ2) is 7.49. The van der Waals surface area contributed by atoms with Crippen molar-refractivity contribution in [3.05, 3.63) is 27.1 Å². The zero-order chi connectivity index (χ0) is 14.4. The number of aliphatic carboxylic acids is 1. The number of benzene rings is 1. The molecule has 0 saturated heterocycles. The smallest absolute Gasteiger partial charge is 0.305 e. The van der Waals surface area contributed by atoms with E-state index in [1.807, 2.05) is 6.07 Å². The fourth-order valence-electron chi connectivity index (χ4n) is 1.23. The van der Waals surface area contributed by atoms with Gasteiger partial charge in [0.25, 0.3) is 5.91 Å². The molecule has 0 aliphatic heterocycles. The molecule has 1 amide bonds. The summed E-state index contributed by atoms with van der Waals surface area (Å²) >= 11 is 6.64. The van der Waals surface area contributed by atoms with Gasteiger partial charge in [0.1, 0.15) is 5.75 Å². The van der Waals surface area contributed by atoms with Crippen molar-refractivity contribution in [1.29, 1.82) is 0 Å². The van der Waals surface area contributed by atoms with E-state index >= 15 is 0 Å². The average Bonchev–Trinajstić information content (AvgIpc) is 2.34. The number of halogens is 2. The van der Waals surface area contributed by atoms with Gasteiger partial charge in [0.15, 0.2) is 6.61 Å². The molecule has 1 rings (SSSR count). The normalized spacial score (nSPS) is 10.1. The molecule has 0 fully saturated rings. The number of nitrogens with zero attached hydrogens (tertiary/aromatic N) is 1. The zero-order valence-corrected chi connectivity index (χ0v) is 13.4. The highest BCUT2D eigenvalue weighted by Gasteiger charge is 2.12. The Hall–Kier alpha value is -1.08. The Balaban J connectivity index is 2.47. The van der Waals surface area contributed by atoms with Gasteiger partial charge in [-0.25, -0.2) is 0 Å². The number of amides is 1. The molecule has 0 heterocycles. The molecule has 19 heavy (non-hydrogen) atoms. The molecule has 0 bridgehead atoms. The van der Waals surface area contributed by atoms with E-state index in [-0.39, 0.29) is 25.5 Å². The van der Waals surface area contributed by atoms with E-state index in [1.54, 1.807) is 19.2 Å². The fraction of sp³-hybridized carbons (Fsp3) is 0.333. The highest BCUT2D eigenvalue weighted by atomic mass is 79.9. The summed E-state index contributed by atoms with van der Waals surface area (Å²) < 4.78 is 7.01. The van der Waals surface area contributed by atoms with Gasteiger partial charge in [-0.2, -0.15) is 0 Å². The number of carboxylic acid groups (broad SMARTS) is 1. The van der Waals surface area contributed by atoms with Crippen molar-refractivity contribution in [2.24, 2.45) is 0 Å². The van der Waals surface area contributed by atoms with E-state index < -0.39 is 5.97 Å². The molecule has 0 aromatic heterocycles. The Morgan fingerprint density at radius 3 is 2.63 bits per heavy atom. The van der Waals surface area contributed by atoms with Crippen molar-refractivity contribution < 1.29 is 19.4 Å². The summed E-state index contributed by atoms with van der Waals surface area (Å²) in [6.45, 7) is 0.0371. The predicted molar refractivity (Wildman–Crippen MR) is 77.2 cm³/mol. The first-order valence-corrected chi connectivity index (χ1v) is 7.02. The molecule has 0 saturated carbocycles. The highest BCUT2D eigenvalue weighted by molar-refractivity contribution is 9.11. The minimum atomic E-state index is -0.934. The van der Waals surface area contributed by atoms with E-state index in [2.05, 4.69) is 31.9 Å². The number of ether oxygens (including phenoxy) is 1. The van der Waals surface area contributed by atoms with Gasteiger partial charge in [0.2, 0.25) is 0 Å². The molecule has 0 atom stereocenters. The lowest BCUT2D eigenvalue weighted by atomic mass is 10.3. The van der Waals surface area contributed by atoms with Crippen molar-refractivity contribution in [3.8, 4) is 5.75 Å². The Bertz CT molecular complexity index is 479. The topological polar surface area (TPSA) is 66.8 Å². The minimum absolute atomic E-state index is 0.0791. The molecule has 104 valence electrons. The molecule has 7 heteroatoms. The standard InChI is InChI=1S/C12H13Br2NO4/c1-15(5-4-12(17)18)11(16)7-19-10-3-2-8(13)6-9(10)14/h2-3,6H,4-5,7H2,1H3,(H,17,18). The van der Waals surface area contributed by atoms with Crippen LogP contribution in [0.2, 0.25) is 0 Å². The molecule has 0 aliphatic carbocycles. The van der Waals surface area contributed by atoms with Gasteiger partial charge in [0.05, 0.1) is 10.9 Å². The third-order valence-electron chi connectivity index (χ3n) is 2.33. The van der Waals surface area contributed by atoms with Crippen molar-refractivity contribution >= 4 is 43.7 Å². The maximum atomic E-state index is 11.7. The number of carboxylic acids is 1. The summed E-state index contributed by atoms with van der Waals surface area (Å²) in [5, 5.41) is 8.53. The van der Waals surface area contributed by atoms with Crippen LogP contribution >= 0.6 is 31.9 Å². The van der Waals surface area contributed by atoms with Crippen LogP contribution in [0.1, 0.15) is 6.42 Å². The second-order valence-corrected chi connectivity index (χ2v) is 5.59. The lowest BCUT2D eigenvalue weighted by Gasteiger charge is -2.16. The van der Waals surface area contributed by atoms with E-state index in [1.165, 1.54) is 4.90 Å². The van der Waals surface area contributed by atoms with Gasteiger partial charge in [-0.15, -0.1) is 0 Å². The van der Waals surface area contributed by atoms with Crippen molar-refractivity contribution in [1.82, 2.24) is 4.90 Å². The van der Waals surface area contributed by atoms with Gasteiger partial charge < -0.3 is 14.7 Å². The Morgan fingerprint density at radius 2 is 2.05 bits per heavy atom. The van der Waals surface area contributed by atoms with Crippen LogP contribution < -0.4 is 4.74 Å². The van der Waals surface area contributed by atoms with Crippen LogP contribution in [0, 0.1) is 0 Å². The maximum Gasteiger partial charge on any atom is 0.305 e. The second-order valence-electron chi connectivity index (χ2n) is 3.82. The summed E-state index contributed by atoms with van der Waals surface area (Å²) in [6.07, 6.45) is -0.0791. The van der Waals surface area contributed by atoms with Crippen LogP contribution in [0.15, 0.2) is 27.1 Å². The molecule has 1 aromatic rings. The van der Waals surface area contributed by atoms with Gasteiger partial charge in [-0.05, 0) is 34.1 Å². The van der Waals surface area contributed by atoms with Crippen molar-refractivity contribution in [3.63, 3.8) is 0 Å². The van der Waals surface area contributed by atoms with Gasteiger partial charge in [-0.3, -0.25) is 9.59 Å². The molecule has 5 nitrogen and oxygen atoms in total. The van der Waals surface area contributed by atoms with E-state index in [0.29, 0.717) is 5.75 Å². The van der Waals surface area contributed by atoms with Crippen LogP contribution in [0.3, 0.4) is 0 Å². The van der Waals surface area contributed by atoms with Crippen LogP contribution in [0.25, 0.3) is 0 Å². The maximum absolute atomic E-state index is 11.7. The summed E-state index contributed by atoms with van der Waals surface area (Å²) in [7, 11) is 1.55. The molecule has 0 spiro atoms. The van der Waals surface area contributed by atoms with Crippen LogP contribution in [0.4, 0.5) is 0 Å². The fourth-order valence-corrected chi connectivity index (χ4v) is 2.39.